The van der Waals surface area contributed by atoms with Crippen LogP contribution in [0.3, 0.4) is 0 Å². The number of alkyl halides is 2. The van der Waals surface area contributed by atoms with Crippen molar-refractivity contribution in [2.45, 2.75) is 33.4 Å². The van der Waals surface area contributed by atoms with Crippen molar-refractivity contribution in [3.8, 4) is 11.3 Å². The van der Waals surface area contributed by atoms with Gasteiger partial charge in [0.25, 0.3) is 6.43 Å². The lowest BCUT2D eigenvalue weighted by Crippen LogP contribution is -2.19. The third-order valence-corrected chi connectivity index (χ3v) is 4.75. The molecule has 3 aromatic heterocycles. The summed E-state index contributed by atoms with van der Waals surface area (Å²) in [6.45, 7) is 4.10. The van der Waals surface area contributed by atoms with Crippen LogP contribution in [0.25, 0.3) is 22.3 Å². The molecule has 4 aromatic rings. The molecule has 0 aliphatic heterocycles. The van der Waals surface area contributed by atoms with Crippen molar-refractivity contribution in [3.05, 3.63) is 60.0 Å². The Morgan fingerprint density at radius 3 is 2.67 bits per heavy atom. The zero-order valence-electron chi connectivity index (χ0n) is 16.5. The van der Waals surface area contributed by atoms with Gasteiger partial charge >= 0.3 is 0 Å². The Hall–Kier alpha value is -3.62. The summed E-state index contributed by atoms with van der Waals surface area (Å²) < 4.78 is 30.7. The van der Waals surface area contributed by atoms with Gasteiger partial charge in [0.1, 0.15) is 6.54 Å². The fourth-order valence-corrected chi connectivity index (χ4v) is 3.36. The molecule has 3 heterocycles. The van der Waals surface area contributed by atoms with Gasteiger partial charge in [-0.15, -0.1) is 0 Å². The molecule has 0 aliphatic rings. The number of anilines is 1. The average Bonchev–Trinajstić information content (AvgIpc) is 3.32. The summed E-state index contributed by atoms with van der Waals surface area (Å²) in [7, 11) is 0. The number of amides is 1. The van der Waals surface area contributed by atoms with E-state index in [4.69, 9.17) is 0 Å². The minimum atomic E-state index is -2.69. The van der Waals surface area contributed by atoms with Gasteiger partial charge in [0, 0.05) is 23.9 Å². The van der Waals surface area contributed by atoms with Gasteiger partial charge < -0.3 is 5.32 Å². The number of nitrogens with zero attached hydrogens (tertiary/aromatic N) is 5. The normalized spacial score (nSPS) is 11.4. The summed E-state index contributed by atoms with van der Waals surface area (Å²) in [5.41, 5.74) is 2.18. The van der Waals surface area contributed by atoms with E-state index in [-0.39, 0.29) is 29.0 Å². The number of aryl methyl sites for hydroxylation is 2. The van der Waals surface area contributed by atoms with Crippen LogP contribution in [0.4, 0.5) is 14.5 Å². The molecule has 4 rings (SSSR count). The average molecular weight is 410 g/mol. The Bertz CT molecular complexity index is 1200. The predicted octanol–water partition coefficient (Wildman–Crippen LogP) is 4.20. The maximum Gasteiger partial charge on any atom is 0.264 e. The van der Waals surface area contributed by atoms with E-state index in [1.165, 1.54) is 10.7 Å². The first-order chi connectivity index (χ1) is 14.5. The fraction of sp³-hybridized carbons (Fsp3) is 0.238. The summed E-state index contributed by atoms with van der Waals surface area (Å²) in [6, 6.07) is 10.5. The van der Waals surface area contributed by atoms with E-state index in [2.05, 4.69) is 20.5 Å². The Labute approximate surface area is 171 Å². The molecule has 0 bridgehead atoms. The summed E-state index contributed by atoms with van der Waals surface area (Å²) in [5.74, 6) is -0.347. The second kappa shape index (κ2) is 8.02. The lowest BCUT2D eigenvalue weighted by atomic mass is 10.1. The molecule has 154 valence electrons. The third-order valence-electron chi connectivity index (χ3n) is 4.75. The molecule has 0 radical (unpaired) electrons. The molecule has 0 saturated carbocycles. The number of fused-ring (bicyclic) bond motifs is 1. The van der Waals surface area contributed by atoms with E-state index in [0.29, 0.717) is 29.2 Å². The Morgan fingerprint density at radius 2 is 2.00 bits per heavy atom. The molecule has 0 aliphatic carbocycles. The minimum absolute atomic E-state index is 0.146. The van der Waals surface area contributed by atoms with E-state index < -0.39 is 6.43 Å². The van der Waals surface area contributed by atoms with Crippen LogP contribution in [-0.2, 0) is 17.9 Å². The molecule has 1 amide bonds. The Kier molecular flexibility index (Phi) is 5.26. The number of rotatable bonds is 6. The van der Waals surface area contributed by atoms with Gasteiger partial charge in [0.2, 0.25) is 5.91 Å². The number of nitrogens with one attached hydrogen (secondary N) is 1. The van der Waals surface area contributed by atoms with Crippen LogP contribution < -0.4 is 5.32 Å². The molecule has 9 heteroatoms. The van der Waals surface area contributed by atoms with Crippen LogP contribution in [-0.4, -0.2) is 30.5 Å². The van der Waals surface area contributed by atoms with Crippen molar-refractivity contribution in [2.24, 2.45) is 0 Å². The van der Waals surface area contributed by atoms with Crippen molar-refractivity contribution >= 4 is 22.6 Å². The van der Waals surface area contributed by atoms with Crippen LogP contribution in [0.1, 0.15) is 24.6 Å². The number of carbonyl (C=O) groups excluding carboxylic acids is 1. The first-order valence-corrected chi connectivity index (χ1v) is 9.50. The summed E-state index contributed by atoms with van der Waals surface area (Å²) in [4.78, 5) is 17.1. The van der Waals surface area contributed by atoms with Crippen molar-refractivity contribution in [1.29, 1.82) is 0 Å². The molecule has 1 N–H and O–H groups in total. The number of carbonyl (C=O) groups is 1. The lowest BCUT2D eigenvalue weighted by Gasteiger charge is -2.09. The summed E-state index contributed by atoms with van der Waals surface area (Å²) in [5, 5.41) is 11.4. The zero-order valence-corrected chi connectivity index (χ0v) is 16.5. The second-order valence-corrected chi connectivity index (χ2v) is 6.84. The first-order valence-electron chi connectivity index (χ1n) is 9.50. The van der Waals surface area contributed by atoms with Gasteiger partial charge in [-0.25, -0.2) is 18.4 Å². The van der Waals surface area contributed by atoms with Crippen LogP contribution in [0.5, 0.6) is 0 Å². The molecule has 0 unspecified atom stereocenters. The van der Waals surface area contributed by atoms with E-state index in [1.807, 2.05) is 25.1 Å². The van der Waals surface area contributed by atoms with Gasteiger partial charge in [0.15, 0.2) is 5.65 Å². The number of pyridine rings is 1. The fourth-order valence-electron chi connectivity index (χ4n) is 3.36. The highest BCUT2D eigenvalue weighted by Gasteiger charge is 2.22. The molecule has 1 aromatic carbocycles. The van der Waals surface area contributed by atoms with Gasteiger partial charge in [0.05, 0.1) is 28.7 Å². The maximum absolute atomic E-state index is 13.8. The molecular weight excluding hydrogens is 390 g/mol. The highest BCUT2D eigenvalue weighted by molar-refractivity contribution is 5.92. The number of aromatic nitrogens is 5. The summed E-state index contributed by atoms with van der Waals surface area (Å²) in [6.07, 6.45) is 0.572. The van der Waals surface area contributed by atoms with Crippen molar-refractivity contribution in [2.75, 3.05) is 5.32 Å². The third kappa shape index (κ3) is 3.78. The zero-order chi connectivity index (χ0) is 21.3. The topological polar surface area (TPSA) is 77.6 Å². The number of hydrogen-bond acceptors (Lipinski definition) is 4. The number of halogens is 2. The Balaban J connectivity index is 1.72. The van der Waals surface area contributed by atoms with E-state index in [1.54, 1.807) is 36.1 Å². The molecule has 0 atom stereocenters. The largest absolute Gasteiger partial charge is 0.322 e. The van der Waals surface area contributed by atoms with E-state index in [9.17, 15) is 13.6 Å². The standard InChI is InChI=1S/C21H20F2N6O/c1-3-28-11-15(10-24-28)25-18(30)12-29-21-19(13(2)27-29)16(20(22)23)9-17(26-21)14-7-5-4-6-8-14/h4-11,20H,3,12H2,1-2H3,(H,25,30). The molecule has 0 saturated heterocycles. The number of benzene rings is 1. The van der Waals surface area contributed by atoms with Crippen molar-refractivity contribution in [3.63, 3.8) is 0 Å². The summed E-state index contributed by atoms with van der Waals surface area (Å²) >= 11 is 0. The quantitative estimate of drug-likeness (QED) is 0.517. The van der Waals surface area contributed by atoms with Crippen molar-refractivity contribution in [1.82, 2.24) is 24.5 Å². The van der Waals surface area contributed by atoms with Gasteiger partial charge in [-0.3, -0.25) is 9.48 Å². The second-order valence-electron chi connectivity index (χ2n) is 6.84. The molecule has 0 spiro atoms. The van der Waals surface area contributed by atoms with Gasteiger partial charge in [-0.05, 0) is 19.9 Å². The van der Waals surface area contributed by atoms with Crippen molar-refractivity contribution < 1.29 is 13.6 Å². The van der Waals surface area contributed by atoms with Crippen LogP contribution in [0, 0.1) is 6.92 Å². The molecule has 0 fully saturated rings. The molecular formula is C21H20F2N6O. The minimum Gasteiger partial charge on any atom is -0.322 e. The number of hydrogen-bond donors (Lipinski definition) is 1. The van der Waals surface area contributed by atoms with Gasteiger partial charge in [-0.1, -0.05) is 30.3 Å². The van der Waals surface area contributed by atoms with Crippen LogP contribution >= 0.6 is 0 Å². The lowest BCUT2D eigenvalue weighted by molar-refractivity contribution is -0.116. The molecule has 7 nitrogen and oxygen atoms in total. The first kappa shape index (κ1) is 19.7. The molecule has 30 heavy (non-hydrogen) atoms. The Morgan fingerprint density at radius 1 is 1.23 bits per heavy atom. The highest BCUT2D eigenvalue weighted by atomic mass is 19.3. The van der Waals surface area contributed by atoms with E-state index >= 15 is 0 Å². The SMILES string of the molecule is CCn1cc(NC(=O)Cn2nc(C)c3c(C(F)F)cc(-c4ccccc4)nc32)cn1. The highest BCUT2D eigenvalue weighted by Crippen LogP contribution is 2.33. The van der Waals surface area contributed by atoms with Gasteiger partial charge in [-0.2, -0.15) is 10.2 Å². The smallest absolute Gasteiger partial charge is 0.264 e. The monoisotopic (exact) mass is 410 g/mol. The maximum atomic E-state index is 13.8. The van der Waals surface area contributed by atoms with Crippen LogP contribution in [0.15, 0.2) is 48.8 Å². The van der Waals surface area contributed by atoms with Crippen LogP contribution in [0.2, 0.25) is 0 Å². The predicted molar refractivity (Wildman–Crippen MR) is 109 cm³/mol. The van der Waals surface area contributed by atoms with E-state index in [0.717, 1.165) is 0 Å².